The first-order valence-corrected chi connectivity index (χ1v) is 13.5. The van der Waals surface area contributed by atoms with E-state index in [4.69, 9.17) is 31.2 Å². The number of ether oxygens (including phenoxy) is 4. The van der Waals surface area contributed by atoms with Crippen molar-refractivity contribution < 1.29 is 32.2 Å². The highest BCUT2D eigenvalue weighted by molar-refractivity contribution is 9.10. The Morgan fingerprint density at radius 2 is 1.74 bits per heavy atom. The number of carbonyl (C=O) groups is 1. The topological polar surface area (TPSA) is 150 Å². The smallest absolute Gasteiger partial charge is 0.321 e. The number of nitrogens with one attached hydrogen (secondary N) is 3. The van der Waals surface area contributed by atoms with E-state index in [0.717, 1.165) is 0 Å². The number of rotatable bonds is 11. The lowest BCUT2D eigenvalue weighted by atomic mass is 10.2. The number of benzene rings is 2. The van der Waals surface area contributed by atoms with Gasteiger partial charge in [-0.05, 0) is 70.6 Å². The lowest BCUT2D eigenvalue weighted by Gasteiger charge is -2.12. The molecule has 0 saturated carbocycles. The Labute approximate surface area is 233 Å². The van der Waals surface area contributed by atoms with Gasteiger partial charge in [-0.3, -0.25) is 14.8 Å². The van der Waals surface area contributed by atoms with E-state index < -0.39 is 15.9 Å². The minimum absolute atomic E-state index is 0.0269. The highest BCUT2D eigenvalue weighted by Gasteiger charge is 2.17. The Hall–Kier alpha value is -3.53. The molecular weight excluding hydrogens is 602 g/mol. The summed E-state index contributed by atoms with van der Waals surface area (Å²) in [7, 11) is 0.326. The van der Waals surface area contributed by atoms with Crippen LogP contribution >= 0.6 is 28.1 Å². The molecule has 3 N–H and O–H groups in total. The molecule has 0 aliphatic carbocycles. The fraction of sp³-hybridized carbons (Fsp3) is 0.217. The van der Waals surface area contributed by atoms with Crippen LogP contribution in [0.3, 0.4) is 0 Å². The molecule has 202 valence electrons. The molecule has 0 atom stereocenters. The van der Waals surface area contributed by atoms with Gasteiger partial charge in [0.2, 0.25) is 5.88 Å². The van der Waals surface area contributed by atoms with Crippen molar-refractivity contribution in [3.63, 3.8) is 0 Å². The van der Waals surface area contributed by atoms with Gasteiger partial charge in [0.05, 0.1) is 30.2 Å². The minimum Gasteiger partial charge on any atom is -0.490 e. The lowest BCUT2D eigenvalue weighted by molar-refractivity contribution is 0.0977. The molecule has 0 aliphatic rings. The van der Waals surface area contributed by atoms with Gasteiger partial charge in [0.1, 0.15) is 12.4 Å². The normalized spacial score (nSPS) is 10.8. The zero-order valence-corrected chi connectivity index (χ0v) is 23.7. The number of methoxy groups -OCH3 is 3. The first kappa shape index (κ1) is 29.0. The molecule has 0 spiro atoms. The van der Waals surface area contributed by atoms with Crippen LogP contribution in [-0.4, -0.2) is 63.9 Å². The fourth-order valence-electron chi connectivity index (χ4n) is 2.90. The predicted octanol–water partition coefficient (Wildman–Crippen LogP) is 3.21. The monoisotopic (exact) mass is 625 g/mol. The number of halogens is 1. The maximum absolute atomic E-state index is 12.8. The van der Waals surface area contributed by atoms with Crippen LogP contribution in [0.15, 0.2) is 57.9 Å². The fourth-order valence-corrected chi connectivity index (χ4v) is 4.59. The second-order valence-corrected chi connectivity index (χ2v) is 10.3. The van der Waals surface area contributed by atoms with Crippen molar-refractivity contribution in [2.45, 2.75) is 4.90 Å². The summed E-state index contributed by atoms with van der Waals surface area (Å²) in [6.07, 6.45) is 0. The molecule has 3 rings (SSSR count). The van der Waals surface area contributed by atoms with Gasteiger partial charge in [0.25, 0.3) is 15.9 Å². The van der Waals surface area contributed by atoms with E-state index in [0.29, 0.717) is 34.7 Å². The van der Waals surface area contributed by atoms with Crippen LogP contribution in [0, 0.1) is 0 Å². The van der Waals surface area contributed by atoms with Crippen LogP contribution in [-0.2, 0) is 14.8 Å². The van der Waals surface area contributed by atoms with E-state index in [9.17, 15) is 13.2 Å². The first-order valence-electron chi connectivity index (χ1n) is 10.8. The quantitative estimate of drug-likeness (QED) is 0.213. The number of nitrogens with zero attached hydrogens (tertiary/aromatic N) is 2. The van der Waals surface area contributed by atoms with Crippen molar-refractivity contribution in [1.29, 1.82) is 0 Å². The molecule has 1 aromatic heterocycles. The predicted molar refractivity (Wildman–Crippen MR) is 148 cm³/mol. The number of aromatic nitrogens is 2. The standard InChI is InChI=1S/C23H24BrN5O7S2/c1-33-10-11-36-18-9-4-14(12-17(18)24)21(30)28-23(37)25-15-5-7-16(8-6-15)38(31,32)29-19-13-20(34-2)27-22(26-19)35-3/h4-9,12-13H,10-11H2,1-3H3,(H,26,27,29)(H2,25,28,30,37). The number of carbonyl (C=O) groups excluding carboxylic acids is 1. The third kappa shape index (κ3) is 7.98. The molecule has 0 saturated heterocycles. The number of hydrogen-bond acceptors (Lipinski definition) is 10. The molecular formula is C23H24BrN5O7S2. The third-order valence-electron chi connectivity index (χ3n) is 4.70. The minimum atomic E-state index is -3.98. The number of sulfonamides is 1. The van der Waals surface area contributed by atoms with Crippen molar-refractivity contribution in [3.8, 4) is 17.6 Å². The molecule has 0 aliphatic heterocycles. The molecule has 1 heterocycles. The summed E-state index contributed by atoms with van der Waals surface area (Å²) in [4.78, 5) is 20.4. The van der Waals surface area contributed by atoms with E-state index in [2.05, 4.69) is 41.3 Å². The summed E-state index contributed by atoms with van der Waals surface area (Å²) in [6.45, 7) is 0.805. The van der Waals surface area contributed by atoms with Crippen LogP contribution in [0.5, 0.6) is 17.6 Å². The van der Waals surface area contributed by atoms with E-state index in [1.807, 2.05) is 0 Å². The molecule has 0 bridgehead atoms. The maximum Gasteiger partial charge on any atom is 0.321 e. The largest absolute Gasteiger partial charge is 0.490 e. The Bertz CT molecular complexity index is 1380. The first-order chi connectivity index (χ1) is 18.1. The summed E-state index contributed by atoms with van der Waals surface area (Å²) >= 11 is 8.60. The van der Waals surface area contributed by atoms with E-state index in [1.165, 1.54) is 44.6 Å². The van der Waals surface area contributed by atoms with Gasteiger partial charge in [-0.15, -0.1) is 0 Å². The molecule has 15 heteroatoms. The van der Waals surface area contributed by atoms with Crippen LogP contribution in [0.1, 0.15) is 10.4 Å². The Morgan fingerprint density at radius 1 is 1.00 bits per heavy atom. The Kier molecular flexibility index (Phi) is 10.2. The average molecular weight is 627 g/mol. The molecule has 38 heavy (non-hydrogen) atoms. The van der Waals surface area contributed by atoms with Gasteiger partial charge in [0.15, 0.2) is 10.9 Å². The molecule has 3 aromatic rings. The molecule has 0 unspecified atom stereocenters. The molecule has 0 radical (unpaired) electrons. The van der Waals surface area contributed by atoms with Gasteiger partial charge >= 0.3 is 6.01 Å². The van der Waals surface area contributed by atoms with Crippen molar-refractivity contribution in [2.75, 3.05) is 44.6 Å². The van der Waals surface area contributed by atoms with Crippen LogP contribution in [0.4, 0.5) is 11.5 Å². The lowest BCUT2D eigenvalue weighted by Crippen LogP contribution is -2.34. The Morgan fingerprint density at radius 3 is 2.37 bits per heavy atom. The van der Waals surface area contributed by atoms with Crippen molar-refractivity contribution in [2.24, 2.45) is 0 Å². The average Bonchev–Trinajstić information content (AvgIpc) is 2.89. The summed E-state index contributed by atoms with van der Waals surface area (Å²) in [5.41, 5.74) is 0.813. The molecule has 1 amide bonds. The van der Waals surface area contributed by atoms with Crippen molar-refractivity contribution >= 4 is 60.7 Å². The number of hydrogen-bond donors (Lipinski definition) is 3. The number of amides is 1. The molecule has 0 fully saturated rings. The maximum atomic E-state index is 12.8. The second kappa shape index (κ2) is 13.3. The summed E-state index contributed by atoms with van der Waals surface area (Å²) in [5, 5.41) is 5.44. The zero-order chi connectivity index (χ0) is 27.7. The van der Waals surface area contributed by atoms with Gasteiger partial charge in [-0.2, -0.15) is 9.97 Å². The summed E-state index contributed by atoms with van der Waals surface area (Å²) in [6, 6.07) is 11.8. The second-order valence-electron chi connectivity index (χ2n) is 7.31. The van der Waals surface area contributed by atoms with Crippen LogP contribution in [0.2, 0.25) is 0 Å². The molecule has 12 nitrogen and oxygen atoms in total. The Balaban J connectivity index is 1.61. The van der Waals surface area contributed by atoms with Gasteiger partial charge in [-0.25, -0.2) is 8.42 Å². The van der Waals surface area contributed by atoms with Crippen molar-refractivity contribution in [1.82, 2.24) is 15.3 Å². The zero-order valence-electron chi connectivity index (χ0n) is 20.5. The van der Waals surface area contributed by atoms with E-state index in [1.54, 1.807) is 25.3 Å². The number of anilines is 2. The number of thiocarbonyl (C=S) groups is 1. The van der Waals surface area contributed by atoms with Crippen molar-refractivity contribution in [3.05, 3.63) is 58.6 Å². The highest BCUT2D eigenvalue weighted by Crippen LogP contribution is 2.26. The van der Waals surface area contributed by atoms with Crippen LogP contribution in [0.25, 0.3) is 0 Å². The third-order valence-corrected chi connectivity index (χ3v) is 6.90. The highest BCUT2D eigenvalue weighted by atomic mass is 79.9. The van der Waals surface area contributed by atoms with Crippen LogP contribution < -0.4 is 29.6 Å². The van der Waals surface area contributed by atoms with E-state index in [-0.39, 0.29) is 27.7 Å². The summed E-state index contributed by atoms with van der Waals surface area (Å²) in [5.74, 6) is 0.233. The SMILES string of the molecule is COCCOc1ccc(C(=O)NC(=S)Nc2ccc(S(=O)(=O)Nc3cc(OC)nc(OC)n3)cc2)cc1Br. The van der Waals surface area contributed by atoms with Gasteiger partial charge in [0, 0.05) is 24.4 Å². The van der Waals surface area contributed by atoms with E-state index >= 15 is 0 Å². The molecule has 2 aromatic carbocycles. The van der Waals surface area contributed by atoms with Gasteiger partial charge < -0.3 is 24.3 Å². The van der Waals surface area contributed by atoms with Gasteiger partial charge in [-0.1, -0.05) is 0 Å². The summed E-state index contributed by atoms with van der Waals surface area (Å²) < 4.78 is 49.0.